The SMILES string of the molecule is CCC(CC1CCCCC1)c1ccccc1. The molecule has 0 bridgehead atoms. The van der Waals surface area contributed by atoms with Gasteiger partial charge in [-0.3, -0.25) is 0 Å². The molecule has 2 rings (SSSR count). The molecule has 0 aliphatic heterocycles. The zero-order chi connectivity index (χ0) is 11.2. The van der Waals surface area contributed by atoms with Crippen LogP contribution in [0.1, 0.15) is 63.4 Å². The van der Waals surface area contributed by atoms with Crippen molar-refractivity contribution < 1.29 is 0 Å². The summed E-state index contributed by atoms with van der Waals surface area (Å²) >= 11 is 0. The standard InChI is InChI=1S/C16H24/c1-2-15(16-11-7-4-8-12-16)13-14-9-5-3-6-10-14/h4,7-8,11-12,14-15H,2-3,5-6,9-10,13H2,1H3. The molecule has 1 atom stereocenters. The second-order valence-electron chi connectivity index (χ2n) is 5.26. The molecule has 0 nitrogen and oxygen atoms in total. The van der Waals surface area contributed by atoms with Crippen molar-refractivity contribution in [2.24, 2.45) is 5.92 Å². The summed E-state index contributed by atoms with van der Waals surface area (Å²) < 4.78 is 0. The quantitative estimate of drug-likeness (QED) is 0.653. The molecule has 1 aromatic rings. The smallest absolute Gasteiger partial charge is 0.0162 e. The lowest BCUT2D eigenvalue weighted by Gasteiger charge is -2.26. The van der Waals surface area contributed by atoms with Crippen LogP contribution in [-0.2, 0) is 0 Å². The zero-order valence-corrected chi connectivity index (χ0v) is 10.5. The Bertz CT molecular complexity index is 282. The Morgan fingerprint density at radius 1 is 1.06 bits per heavy atom. The van der Waals surface area contributed by atoms with Gasteiger partial charge in [0.25, 0.3) is 0 Å². The van der Waals surface area contributed by atoms with E-state index in [1.165, 1.54) is 44.9 Å². The first kappa shape index (κ1) is 11.7. The molecule has 0 heterocycles. The predicted octanol–water partition coefficient (Wildman–Crippen LogP) is 5.15. The van der Waals surface area contributed by atoms with Crippen LogP contribution in [0.5, 0.6) is 0 Å². The van der Waals surface area contributed by atoms with E-state index >= 15 is 0 Å². The number of hydrogen-bond acceptors (Lipinski definition) is 0. The third-order valence-corrected chi connectivity index (χ3v) is 4.11. The Labute approximate surface area is 100 Å². The van der Waals surface area contributed by atoms with Crippen LogP contribution in [0, 0.1) is 5.92 Å². The van der Waals surface area contributed by atoms with Crippen molar-refractivity contribution in [3.63, 3.8) is 0 Å². The van der Waals surface area contributed by atoms with Crippen molar-refractivity contribution in [1.82, 2.24) is 0 Å². The highest BCUT2D eigenvalue weighted by Crippen LogP contribution is 2.34. The molecular formula is C16H24. The van der Waals surface area contributed by atoms with Gasteiger partial charge in [-0.05, 0) is 30.2 Å². The Morgan fingerprint density at radius 2 is 1.75 bits per heavy atom. The molecule has 0 amide bonds. The molecule has 1 aliphatic rings. The molecule has 0 radical (unpaired) electrons. The van der Waals surface area contributed by atoms with E-state index < -0.39 is 0 Å². The van der Waals surface area contributed by atoms with Crippen molar-refractivity contribution in [1.29, 1.82) is 0 Å². The summed E-state index contributed by atoms with van der Waals surface area (Å²) in [4.78, 5) is 0. The van der Waals surface area contributed by atoms with Gasteiger partial charge in [0, 0.05) is 0 Å². The molecule has 0 N–H and O–H groups in total. The highest BCUT2D eigenvalue weighted by Gasteiger charge is 2.18. The van der Waals surface area contributed by atoms with Crippen molar-refractivity contribution in [2.75, 3.05) is 0 Å². The Hall–Kier alpha value is -0.780. The van der Waals surface area contributed by atoms with Crippen LogP contribution in [0.2, 0.25) is 0 Å². The fourth-order valence-corrected chi connectivity index (χ4v) is 3.09. The highest BCUT2D eigenvalue weighted by molar-refractivity contribution is 5.19. The minimum atomic E-state index is 0.796. The average molecular weight is 216 g/mol. The first-order chi connectivity index (χ1) is 7.90. The summed E-state index contributed by atoms with van der Waals surface area (Å²) in [5.74, 6) is 1.79. The predicted molar refractivity (Wildman–Crippen MR) is 70.7 cm³/mol. The molecule has 88 valence electrons. The van der Waals surface area contributed by atoms with Crippen LogP contribution in [-0.4, -0.2) is 0 Å². The van der Waals surface area contributed by atoms with Gasteiger partial charge in [-0.15, -0.1) is 0 Å². The average Bonchev–Trinajstić information content (AvgIpc) is 2.38. The van der Waals surface area contributed by atoms with E-state index in [-0.39, 0.29) is 0 Å². The van der Waals surface area contributed by atoms with Crippen LogP contribution < -0.4 is 0 Å². The fraction of sp³-hybridized carbons (Fsp3) is 0.625. The largest absolute Gasteiger partial charge is 0.0648 e. The molecule has 1 aliphatic carbocycles. The molecule has 0 saturated heterocycles. The minimum Gasteiger partial charge on any atom is -0.0648 e. The first-order valence-electron chi connectivity index (χ1n) is 6.95. The summed E-state index contributed by atoms with van der Waals surface area (Å²) in [7, 11) is 0. The summed E-state index contributed by atoms with van der Waals surface area (Å²) in [5.41, 5.74) is 1.55. The lowest BCUT2D eigenvalue weighted by molar-refractivity contribution is 0.315. The molecule has 1 unspecified atom stereocenters. The molecule has 0 heteroatoms. The van der Waals surface area contributed by atoms with E-state index in [2.05, 4.69) is 37.3 Å². The van der Waals surface area contributed by atoms with Gasteiger partial charge in [-0.25, -0.2) is 0 Å². The summed E-state index contributed by atoms with van der Waals surface area (Å²) in [6.07, 6.45) is 10.1. The molecule has 16 heavy (non-hydrogen) atoms. The van der Waals surface area contributed by atoms with Crippen molar-refractivity contribution in [3.8, 4) is 0 Å². The summed E-state index contributed by atoms with van der Waals surface area (Å²) in [6, 6.07) is 11.1. The summed E-state index contributed by atoms with van der Waals surface area (Å²) in [6.45, 7) is 2.33. The van der Waals surface area contributed by atoms with Gasteiger partial charge in [0.15, 0.2) is 0 Å². The van der Waals surface area contributed by atoms with Crippen molar-refractivity contribution in [2.45, 2.75) is 57.8 Å². The molecule has 0 spiro atoms. The first-order valence-corrected chi connectivity index (χ1v) is 6.95. The normalized spacial score (nSPS) is 19.6. The molecular weight excluding hydrogens is 192 g/mol. The minimum absolute atomic E-state index is 0.796. The van der Waals surface area contributed by atoms with Gasteiger partial charge >= 0.3 is 0 Å². The topological polar surface area (TPSA) is 0 Å². The van der Waals surface area contributed by atoms with Gasteiger partial charge in [0.2, 0.25) is 0 Å². The van der Waals surface area contributed by atoms with E-state index in [4.69, 9.17) is 0 Å². The fourth-order valence-electron chi connectivity index (χ4n) is 3.09. The van der Waals surface area contributed by atoms with E-state index in [9.17, 15) is 0 Å². The maximum atomic E-state index is 2.33. The highest BCUT2D eigenvalue weighted by atomic mass is 14.2. The lowest BCUT2D eigenvalue weighted by atomic mass is 9.80. The third-order valence-electron chi connectivity index (χ3n) is 4.11. The zero-order valence-electron chi connectivity index (χ0n) is 10.5. The van der Waals surface area contributed by atoms with Gasteiger partial charge in [-0.2, -0.15) is 0 Å². The maximum Gasteiger partial charge on any atom is -0.0162 e. The van der Waals surface area contributed by atoms with Crippen LogP contribution in [0.4, 0.5) is 0 Å². The van der Waals surface area contributed by atoms with Crippen LogP contribution in [0.15, 0.2) is 30.3 Å². The molecule has 1 fully saturated rings. The Morgan fingerprint density at radius 3 is 2.38 bits per heavy atom. The maximum absolute atomic E-state index is 2.33. The van der Waals surface area contributed by atoms with Crippen LogP contribution >= 0.6 is 0 Å². The van der Waals surface area contributed by atoms with Gasteiger partial charge in [0.1, 0.15) is 0 Å². The second-order valence-corrected chi connectivity index (χ2v) is 5.26. The molecule has 0 aromatic heterocycles. The van der Waals surface area contributed by atoms with E-state index in [1.807, 2.05) is 0 Å². The van der Waals surface area contributed by atoms with Gasteiger partial charge < -0.3 is 0 Å². The monoisotopic (exact) mass is 216 g/mol. The van der Waals surface area contributed by atoms with Crippen molar-refractivity contribution in [3.05, 3.63) is 35.9 Å². The Kier molecular flexibility index (Phi) is 4.44. The van der Waals surface area contributed by atoms with E-state index in [1.54, 1.807) is 5.56 Å². The van der Waals surface area contributed by atoms with Crippen LogP contribution in [0.25, 0.3) is 0 Å². The van der Waals surface area contributed by atoms with Crippen LogP contribution in [0.3, 0.4) is 0 Å². The number of hydrogen-bond donors (Lipinski definition) is 0. The van der Waals surface area contributed by atoms with Gasteiger partial charge in [-0.1, -0.05) is 69.4 Å². The second kappa shape index (κ2) is 6.08. The third kappa shape index (κ3) is 3.10. The van der Waals surface area contributed by atoms with E-state index in [0.29, 0.717) is 0 Å². The van der Waals surface area contributed by atoms with Crippen molar-refractivity contribution >= 4 is 0 Å². The Balaban J connectivity index is 1.94. The molecule has 1 aromatic carbocycles. The van der Waals surface area contributed by atoms with Gasteiger partial charge in [0.05, 0.1) is 0 Å². The molecule has 1 saturated carbocycles. The number of benzene rings is 1. The lowest BCUT2D eigenvalue weighted by Crippen LogP contribution is -2.11. The number of rotatable bonds is 4. The summed E-state index contributed by atoms with van der Waals surface area (Å²) in [5, 5.41) is 0. The van der Waals surface area contributed by atoms with E-state index in [0.717, 1.165) is 11.8 Å².